The Bertz CT molecular complexity index is 1110. The van der Waals surface area contributed by atoms with Gasteiger partial charge in [0.2, 0.25) is 11.8 Å². The fourth-order valence-corrected chi connectivity index (χ4v) is 3.27. The molecule has 4 aromatic rings. The van der Waals surface area contributed by atoms with E-state index in [2.05, 4.69) is 15.4 Å². The van der Waals surface area contributed by atoms with E-state index >= 15 is 0 Å². The lowest BCUT2D eigenvalue weighted by atomic mass is 10.2. The number of oxazole rings is 1. The van der Waals surface area contributed by atoms with Crippen LogP contribution in [0.15, 0.2) is 71.3 Å². The summed E-state index contributed by atoms with van der Waals surface area (Å²) in [6.07, 6.45) is 1.70. The van der Waals surface area contributed by atoms with Crippen LogP contribution in [-0.4, -0.2) is 20.7 Å². The second kappa shape index (κ2) is 8.14. The molecule has 1 amide bonds. The fourth-order valence-electron chi connectivity index (χ4n) is 3.27. The molecule has 0 aliphatic heterocycles. The molecular formula is C23H22N4O2. The van der Waals surface area contributed by atoms with E-state index in [4.69, 9.17) is 4.42 Å². The van der Waals surface area contributed by atoms with Gasteiger partial charge >= 0.3 is 0 Å². The maximum atomic E-state index is 12.4. The van der Waals surface area contributed by atoms with Gasteiger partial charge in [-0.05, 0) is 38.1 Å². The quantitative estimate of drug-likeness (QED) is 0.544. The number of aryl methyl sites for hydroxylation is 1. The van der Waals surface area contributed by atoms with Crippen LogP contribution in [0.1, 0.15) is 22.6 Å². The normalized spacial score (nSPS) is 10.8. The van der Waals surface area contributed by atoms with Crippen LogP contribution < -0.4 is 5.32 Å². The van der Waals surface area contributed by atoms with E-state index in [0.717, 1.165) is 28.2 Å². The molecule has 0 aliphatic carbocycles. The summed E-state index contributed by atoms with van der Waals surface area (Å²) in [5.41, 5.74) is 5.43. The van der Waals surface area contributed by atoms with Gasteiger partial charge in [0.15, 0.2) is 0 Å². The minimum absolute atomic E-state index is 0.107. The third kappa shape index (κ3) is 4.11. The van der Waals surface area contributed by atoms with Crippen LogP contribution in [0.4, 0.5) is 0 Å². The molecule has 0 bridgehead atoms. The van der Waals surface area contributed by atoms with Gasteiger partial charge in [-0.15, -0.1) is 0 Å². The number of rotatable bonds is 6. The van der Waals surface area contributed by atoms with Crippen molar-refractivity contribution in [2.45, 2.75) is 26.8 Å². The first-order valence-electron chi connectivity index (χ1n) is 9.49. The van der Waals surface area contributed by atoms with Crippen LogP contribution in [0.5, 0.6) is 0 Å². The monoisotopic (exact) mass is 386 g/mol. The molecule has 6 nitrogen and oxygen atoms in total. The van der Waals surface area contributed by atoms with Crippen molar-refractivity contribution in [2.24, 2.45) is 0 Å². The Morgan fingerprint density at radius 2 is 1.72 bits per heavy atom. The summed E-state index contributed by atoms with van der Waals surface area (Å²) in [6.45, 7) is 4.39. The number of nitrogens with one attached hydrogen (secondary N) is 1. The number of hydrogen-bond donors (Lipinski definition) is 1. The number of amides is 1. The zero-order chi connectivity index (χ0) is 20.2. The Kier molecular flexibility index (Phi) is 5.24. The summed E-state index contributed by atoms with van der Waals surface area (Å²) in [6, 6.07) is 19.6. The summed E-state index contributed by atoms with van der Waals surface area (Å²) in [4.78, 5) is 16.8. The average Bonchev–Trinajstić information content (AvgIpc) is 3.32. The van der Waals surface area contributed by atoms with Crippen molar-refractivity contribution in [1.29, 1.82) is 0 Å². The molecule has 146 valence electrons. The van der Waals surface area contributed by atoms with Crippen molar-refractivity contribution in [3.63, 3.8) is 0 Å². The number of aromatic nitrogens is 3. The second-order valence-electron chi connectivity index (χ2n) is 6.86. The minimum Gasteiger partial charge on any atom is -0.444 e. The average molecular weight is 386 g/mol. The summed E-state index contributed by atoms with van der Waals surface area (Å²) >= 11 is 0. The molecule has 0 saturated heterocycles. The summed E-state index contributed by atoms with van der Waals surface area (Å²) in [5.74, 6) is 0.411. The summed E-state index contributed by atoms with van der Waals surface area (Å²) < 4.78 is 7.40. The van der Waals surface area contributed by atoms with Crippen LogP contribution in [-0.2, 0) is 17.8 Å². The number of benzene rings is 2. The second-order valence-corrected chi connectivity index (χ2v) is 6.86. The van der Waals surface area contributed by atoms with E-state index in [-0.39, 0.29) is 12.3 Å². The Morgan fingerprint density at radius 1 is 1.03 bits per heavy atom. The van der Waals surface area contributed by atoms with E-state index < -0.39 is 0 Å². The number of carbonyl (C=O) groups is 1. The van der Waals surface area contributed by atoms with E-state index in [0.29, 0.717) is 18.1 Å². The van der Waals surface area contributed by atoms with E-state index in [1.54, 1.807) is 0 Å². The molecule has 0 saturated carbocycles. The molecule has 1 N–H and O–H groups in total. The maximum Gasteiger partial charge on any atom is 0.226 e. The molecule has 4 rings (SSSR count). The molecule has 6 heteroatoms. The first-order valence-corrected chi connectivity index (χ1v) is 9.49. The van der Waals surface area contributed by atoms with Gasteiger partial charge in [-0.1, -0.05) is 36.4 Å². The standard InChI is InChI=1S/C23H22N4O2/c1-16-21(17(2)27(26-16)20-11-7-4-8-12-20)14-24-22(28)13-19-15-29-23(25-19)18-9-5-3-6-10-18/h3-12,15H,13-14H2,1-2H3,(H,24,28). The lowest BCUT2D eigenvalue weighted by Crippen LogP contribution is -2.25. The first kappa shape index (κ1) is 18.7. The van der Waals surface area contributed by atoms with Crippen LogP contribution >= 0.6 is 0 Å². The van der Waals surface area contributed by atoms with Crippen molar-refractivity contribution >= 4 is 5.91 Å². The highest BCUT2D eigenvalue weighted by Gasteiger charge is 2.15. The molecular weight excluding hydrogens is 364 g/mol. The molecule has 0 atom stereocenters. The lowest BCUT2D eigenvalue weighted by molar-refractivity contribution is -0.120. The van der Waals surface area contributed by atoms with Crippen molar-refractivity contribution in [2.75, 3.05) is 0 Å². The van der Waals surface area contributed by atoms with Crippen LogP contribution in [0.3, 0.4) is 0 Å². The van der Waals surface area contributed by atoms with Crippen molar-refractivity contribution in [3.05, 3.63) is 89.6 Å². The smallest absolute Gasteiger partial charge is 0.226 e. The number of nitrogens with zero attached hydrogens (tertiary/aromatic N) is 3. The van der Waals surface area contributed by atoms with Crippen LogP contribution in [0, 0.1) is 13.8 Å². The highest BCUT2D eigenvalue weighted by atomic mass is 16.3. The van der Waals surface area contributed by atoms with Crippen molar-refractivity contribution in [1.82, 2.24) is 20.1 Å². The maximum absolute atomic E-state index is 12.4. The third-order valence-corrected chi connectivity index (χ3v) is 4.82. The molecule has 2 heterocycles. The largest absolute Gasteiger partial charge is 0.444 e. The van der Waals surface area contributed by atoms with E-state index in [9.17, 15) is 4.79 Å². The van der Waals surface area contributed by atoms with Crippen LogP contribution in [0.25, 0.3) is 17.1 Å². The molecule has 0 aliphatic rings. The Morgan fingerprint density at radius 3 is 2.45 bits per heavy atom. The highest BCUT2D eigenvalue weighted by molar-refractivity contribution is 5.78. The van der Waals surface area contributed by atoms with E-state index in [1.165, 1.54) is 6.26 Å². The summed E-state index contributed by atoms with van der Waals surface area (Å²) in [7, 11) is 0. The van der Waals surface area contributed by atoms with Gasteiger partial charge in [-0.25, -0.2) is 9.67 Å². The SMILES string of the molecule is Cc1nn(-c2ccccc2)c(C)c1CNC(=O)Cc1coc(-c2ccccc2)n1. The number of para-hydroxylation sites is 1. The lowest BCUT2D eigenvalue weighted by Gasteiger charge is -2.06. The molecule has 0 unspecified atom stereocenters. The molecule has 2 aromatic carbocycles. The number of carbonyl (C=O) groups excluding carboxylic acids is 1. The fraction of sp³-hybridized carbons (Fsp3) is 0.174. The molecule has 0 fully saturated rings. The molecule has 0 spiro atoms. The Balaban J connectivity index is 1.41. The number of hydrogen-bond acceptors (Lipinski definition) is 4. The van der Waals surface area contributed by atoms with Gasteiger partial charge in [0, 0.05) is 23.4 Å². The predicted molar refractivity (Wildman–Crippen MR) is 111 cm³/mol. The molecule has 29 heavy (non-hydrogen) atoms. The topological polar surface area (TPSA) is 73.0 Å². The Hall–Kier alpha value is -3.67. The van der Waals surface area contributed by atoms with E-state index in [1.807, 2.05) is 79.2 Å². The zero-order valence-corrected chi connectivity index (χ0v) is 16.4. The van der Waals surface area contributed by atoms with Crippen molar-refractivity contribution < 1.29 is 9.21 Å². The highest BCUT2D eigenvalue weighted by Crippen LogP contribution is 2.19. The van der Waals surface area contributed by atoms with Gasteiger partial charge in [-0.3, -0.25) is 4.79 Å². The van der Waals surface area contributed by atoms with Gasteiger partial charge in [0.05, 0.1) is 23.5 Å². The third-order valence-electron chi connectivity index (χ3n) is 4.82. The van der Waals surface area contributed by atoms with Gasteiger partial charge in [0.25, 0.3) is 0 Å². The van der Waals surface area contributed by atoms with Crippen LogP contribution in [0.2, 0.25) is 0 Å². The Labute approximate surface area is 169 Å². The van der Waals surface area contributed by atoms with Gasteiger partial charge in [0.1, 0.15) is 6.26 Å². The van der Waals surface area contributed by atoms with Gasteiger partial charge < -0.3 is 9.73 Å². The zero-order valence-electron chi connectivity index (χ0n) is 16.4. The summed E-state index contributed by atoms with van der Waals surface area (Å²) in [5, 5.41) is 7.59. The predicted octanol–water partition coefficient (Wildman–Crippen LogP) is 4.00. The molecule has 2 aromatic heterocycles. The van der Waals surface area contributed by atoms with Crippen molar-refractivity contribution in [3.8, 4) is 17.1 Å². The van der Waals surface area contributed by atoms with Gasteiger partial charge in [-0.2, -0.15) is 5.10 Å². The first-order chi connectivity index (χ1) is 14.1. The minimum atomic E-state index is -0.107. The molecule has 0 radical (unpaired) electrons.